The highest BCUT2D eigenvalue weighted by molar-refractivity contribution is 5.84. The molecule has 0 amide bonds. The van der Waals surface area contributed by atoms with Gasteiger partial charge in [0.2, 0.25) is 0 Å². The van der Waals surface area contributed by atoms with E-state index < -0.39 is 0 Å². The van der Waals surface area contributed by atoms with Crippen molar-refractivity contribution in [1.29, 1.82) is 0 Å². The summed E-state index contributed by atoms with van der Waals surface area (Å²) >= 11 is 0. The second-order valence-corrected chi connectivity index (χ2v) is 6.68. The predicted octanol–water partition coefficient (Wildman–Crippen LogP) is 5.71. The zero-order chi connectivity index (χ0) is 17.9. The van der Waals surface area contributed by atoms with Crippen LogP contribution in [-0.2, 0) is 0 Å². The van der Waals surface area contributed by atoms with Crippen LogP contribution in [-0.4, -0.2) is 13.3 Å². The first-order chi connectivity index (χ1) is 12.7. The Morgan fingerprint density at radius 2 is 1.46 bits per heavy atom. The SMILES string of the molecule is CC1=Cc2ccccc2C1c1ccccc1C=NN(C)c1ccccc1. The molecule has 1 aliphatic carbocycles. The lowest BCUT2D eigenvalue weighted by Gasteiger charge is -2.18. The topological polar surface area (TPSA) is 15.6 Å². The standard InChI is InChI=1S/C24H22N2/c1-18-16-19-10-6-8-14-22(19)24(18)23-15-9-7-11-20(23)17-25-26(2)21-12-4-3-5-13-21/h3-17,24H,1-2H3. The molecule has 1 atom stereocenters. The van der Waals surface area contributed by atoms with Gasteiger partial charge in [-0.2, -0.15) is 5.10 Å². The van der Waals surface area contributed by atoms with Gasteiger partial charge in [0.05, 0.1) is 11.9 Å². The van der Waals surface area contributed by atoms with Crippen molar-refractivity contribution in [2.45, 2.75) is 12.8 Å². The van der Waals surface area contributed by atoms with E-state index in [2.05, 4.69) is 78.8 Å². The minimum Gasteiger partial charge on any atom is -0.269 e. The van der Waals surface area contributed by atoms with Crippen molar-refractivity contribution in [2.75, 3.05) is 12.1 Å². The van der Waals surface area contributed by atoms with Gasteiger partial charge >= 0.3 is 0 Å². The number of hydrogen-bond acceptors (Lipinski definition) is 2. The van der Waals surface area contributed by atoms with Gasteiger partial charge in [0.1, 0.15) is 0 Å². The summed E-state index contributed by atoms with van der Waals surface area (Å²) in [4.78, 5) is 0. The number of nitrogens with zero attached hydrogens (tertiary/aromatic N) is 2. The van der Waals surface area contributed by atoms with Crippen molar-refractivity contribution >= 4 is 18.0 Å². The molecule has 26 heavy (non-hydrogen) atoms. The third-order valence-electron chi connectivity index (χ3n) is 4.95. The summed E-state index contributed by atoms with van der Waals surface area (Å²) in [5.74, 6) is 0.302. The number of hydrazone groups is 1. The zero-order valence-corrected chi connectivity index (χ0v) is 15.1. The Morgan fingerprint density at radius 1 is 0.808 bits per heavy atom. The normalized spacial score (nSPS) is 15.8. The molecule has 3 aromatic rings. The summed E-state index contributed by atoms with van der Waals surface area (Å²) in [5, 5.41) is 6.57. The van der Waals surface area contributed by atoms with Crippen molar-refractivity contribution in [3.63, 3.8) is 0 Å². The number of anilines is 1. The molecule has 1 unspecified atom stereocenters. The van der Waals surface area contributed by atoms with Crippen LogP contribution in [0.2, 0.25) is 0 Å². The van der Waals surface area contributed by atoms with Crippen molar-refractivity contribution in [3.05, 3.63) is 107 Å². The largest absolute Gasteiger partial charge is 0.269 e. The molecule has 0 aromatic heterocycles. The molecular weight excluding hydrogens is 316 g/mol. The lowest BCUT2D eigenvalue weighted by molar-refractivity contribution is 0.971. The van der Waals surface area contributed by atoms with Crippen molar-refractivity contribution in [3.8, 4) is 0 Å². The zero-order valence-electron chi connectivity index (χ0n) is 15.1. The molecule has 1 aliphatic rings. The number of fused-ring (bicyclic) bond motifs is 1. The minimum atomic E-state index is 0.302. The first-order valence-corrected chi connectivity index (χ1v) is 8.93. The van der Waals surface area contributed by atoms with Crippen LogP contribution in [0.1, 0.15) is 35.1 Å². The molecule has 4 rings (SSSR count). The fraction of sp³-hybridized carbons (Fsp3) is 0.125. The van der Waals surface area contributed by atoms with Gasteiger partial charge in [-0.1, -0.05) is 78.4 Å². The first-order valence-electron chi connectivity index (χ1n) is 8.93. The maximum atomic E-state index is 4.67. The monoisotopic (exact) mass is 338 g/mol. The van der Waals surface area contributed by atoms with Crippen LogP contribution in [0.4, 0.5) is 5.69 Å². The molecule has 2 nitrogen and oxygen atoms in total. The van der Waals surface area contributed by atoms with E-state index in [0.29, 0.717) is 5.92 Å². The second-order valence-electron chi connectivity index (χ2n) is 6.68. The third kappa shape index (κ3) is 3.06. The van der Waals surface area contributed by atoms with Gasteiger partial charge < -0.3 is 0 Å². The third-order valence-corrected chi connectivity index (χ3v) is 4.95. The molecule has 2 heteroatoms. The van der Waals surface area contributed by atoms with Gasteiger partial charge in [-0.15, -0.1) is 0 Å². The Kier molecular flexibility index (Phi) is 4.40. The van der Waals surface area contributed by atoms with Crippen LogP contribution in [0.15, 0.2) is 89.5 Å². The van der Waals surface area contributed by atoms with Gasteiger partial charge in [-0.05, 0) is 41.3 Å². The predicted molar refractivity (Wildman–Crippen MR) is 111 cm³/mol. The van der Waals surface area contributed by atoms with E-state index in [1.807, 2.05) is 36.5 Å². The molecule has 0 bridgehead atoms. The van der Waals surface area contributed by atoms with Crippen LogP contribution in [0, 0.1) is 0 Å². The van der Waals surface area contributed by atoms with Crippen LogP contribution >= 0.6 is 0 Å². The number of hydrogen-bond donors (Lipinski definition) is 0. The number of benzene rings is 3. The minimum absolute atomic E-state index is 0.302. The Balaban J connectivity index is 1.68. The van der Waals surface area contributed by atoms with E-state index >= 15 is 0 Å². The molecule has 0 saturated heterocycles. The molecule has 128 valence electrons. The fourth-order valence-electron chi connectivity index (χ4n) is 3.64. The van der Waals surface area contributed by atoms with E-state index in [9.17, 15) is 0 Å². The first kappa shape index (κ1) is 16.3. The summed E-state index contributed by atoms with van der Waals surface area (Å²) in [6.45, 7) is 2.22. The molecule has 0 heterocycles. The fourth-order valence-corrected chi connectivity index (χ4v) is 3.64. The lowest BCUT2D eigenvalue weighted by Crippen LogP contribution is -2.10. The van der Waals surface area contributed by atoms with Gasteiger partial charge in [-0.25, -0.2) is 0 Å². The Labute approximate surface area is 155 Å². The van der Waals surface area contributed by atoms with Crippen LogP contribution in [0.3, 0.4) is 0 Å². The van der Waals surface area contributed by atoms with Crippen molar-refractivity contribution < 1.29 is 0 Å². The van der Waals surface area contributed by atoms with E-state index in [-0.39, 0.29) is 0 Å². The van der Waals surface area contributed by atoms with Crippen LogP contribution < -0.4 is 5.01 Å². The molecule has 0 aliphatic heterocycles. The second kappa shape index (κ2) is 7.01. The van der Waals surface area contributed by atoms with E-state index in [4.69, 9.17) is 0 Å². The van der Waals surface area contributed by atoms with E-state index in [0.717, 1.165) is 11.3 Å². The van der Waals surface area contributed by atoms with E-state index in [1.54, 1.807) is 0 Å². The summed E-state index contributed by atoms with van der Waals surface area (Å²) in [5.41, 5.74) is 7.61. The molecule has 0 fully saturated rings. The number of para-hydroxylation sites is 1. The van der Waals surface area contributed by atoms with Crippen molar-refractivity contribution in [2.24, 2.45) is 5.10 Å². The smallest absolute Gasteiger partial charge is 0.0590 e. The quantitative estimate of drug-likeness (QED) is 0.440. The molecule has 0 spiro atoms. The summed E-state index contributed by atoms with van der Waals surface area (Å²) < 4.78 is 0. The summed E-state index contributed by atoms with van der Waals surface area (Å²) in [6.07, 6.45) is 4.26. The summed E-state index contributed by atoms with van der Waals surface area (Å²) in [6, 6.07) is 27.4. The molecular formula is C24H22N2. The molecule has 3 aromatic carbocycles. The molecule has 0 saturated carbocycles. The molecule has 0 N–H and O–H groups in total. The van der Waals surface area contributed by atoms with Gasteiger partial charge in [0.25, 0.3) is 0 Å². The average Bonchev–Trinajstić information content (AvgIpc) is 3.02. The van der Waals surface area contributed by atoms with Gasteiger partial charge in [0, 0.05) is 13.0 Å². The Morgan fingerprint density at radius 3 is 2.27 bits per heavy atom. The highest BCUT2D eigenvalue weighted by Crippen LogP contribution is 2.41. The van der Waals surface area contributed by atoms with Gasteiger partial charge in [-0.3, -0.25) is 5.01 Å². The Hall–Kier alpha value is -3.13. The maximum absolute atomic E-state index is 4.67. The highest BCUT2D eigenvalue weighted by atomic mass is 15.4. The molecule has 0 radical (unpaired) electrons. The van der Waals surface area contributed by atoms with E-state index in [1.165, 1.54) is 22.3 Å². The van der Waals surface area contributed by atoms with Gasteiger partial charge in [0.15, 0.2) is 0 Å². The lowest BCUT2D eigenvalue weighted by atomic mass is 9.86. The van der Waals surface area contributed by atoms with Crippen molar-refractivity contribution in [1.82, 2.24) is 0 Å². The highest BCUT2D eigenvalue weighted by Gasteiger charge is 2.25. The Bertz CT molecular complexity index is 970. The van der Waals surface area contributed by atoms with Crippen LogP contribution in [0.5, 0.6) is 0 Å². The number of rotatable bonds is 4. The number of allylic oxidation sites excluding steroid dienone is 1. The average molecular weight is 338 g/mol. The van der Waals surface area contributed by atoms with Crippen LogP contribution in [0.25, 0.3) is 6.08 Å². The maximum Gasteiger partial charge on any atom is 0.0590 e. The summed E-state index contributed by atoms with van der Waals surface area (Å²) in [7, 11) is 1.98.